The second-order valence-electron chi connectivity index (χ2n) is 14.1. The molecule has 0 radical (unpaired) electrons. The fraction of sp³-hybridized carbons (Fsp3) is 0.0208. The van der Waals surface area contributed by atoms with Crippen LogP contribution in [0.25, 0.3) is 103 Å². The molecular weight excluding hydrogens is 665 g/mol. The van der Waals surface area contributed by atoms with E-state index in [0.717, 1.165) is 22.7 Å². The van der Waals surface area contributed by atoms with Crippen LogP contribution >= 0.6 is 11.3 Å². The maximum atomic E-state index is 5.15. The normalized spacial score (nSPS) is 12.2. The number of aryl methyl sites for hydroxylation is 1. The summed E-state index contributed by atoms with van der Waals surface area (Å²) in [7, 11) is 0. The maximum absolute atomic E-state index is 5.15. The van der Waals surface area contributed by atoms with Crippen molar-refractivity contribution in [3.05, 3.63) is 169 Å². The van der Waals surface area contributed by atoms with Gasteiger partial charge in [0.2, 0.25) is 0 Å². The van der Waals surface area contributed by atoms with Crippen molar-refractivity contribution in [2.75, 3.05) is 0 Å². The number of rotatable bonds is 3. The molecule has 0 atom stereocenters. The van der Waals surface area contributed by atoms with Crippen LogP contribution in [0.15, 0.2) is 164 Å². The predicted molar refractivity (Wildman–Crippen MR) is 225 cm³/mol. The Morgan fingerprint density at radius 1 is 0.396 bits per heavy atom. The lowest BCUT2D eigenvalue weighted by atomic mass is 10.1. The van der Waals surface area contributed by atoms with Crippen molar-refractivity contribution in [2.45, 2.75) is 6.92 Å². The molecule has 5 aromatic heterocycles. The van der Waals surface area contributed by atoms with Gasteiger partial charge in [-0.15, -0.1) is 11.3 Å². The largest absolute Gasteiger partial charge is 0.309 e. The highest BCUT2D eigenvalue weighted by atomic mass is 32.1. The minimum absolute atomic E-state index is 0.970. The first-order valence-electron chi connectivity index (χ1n) is 18.0. The van der Waals surface area contributed by atoms with Crippen LogP contribution in [0.1, 0.15) is 5.56 Å². The molecular formula is C48H30N4S. The van der Waals surface area contributed by atoms with Crippen LogP contribution in [0, 0.1) is 6.92 Å². The highest BCUT2D eigenvalue weighted by Gasteiger charge is 2.20. The van der Waals surface area contributed by atoms with E-state index in [1.807, 2.05) is 17.5 Å². The summed E-state index contributed by atoms with van der Waals surface area (Å²) in [6, 6.07) is 57.7. The summed E-state index contributed by atoms with van der Waals surface area (Å²) in [5.41, 5.74) is 10.7. The van der Waals surface area contributed by atoms with Crippen molar-refractivity contribution >= 4 is 96.9 Å². The van der Waals surface area contributed by atoms with Gasteiger partial charge in [-0.1, -0.05) is 84.9 Å². The Kier molecular flexibility index (Phi) is 5.83. The molecule has 12 aromatic rings. The SMILES string of the molecule is Cc1ccc2c3cc(-n4c5ccccc5c5ccccc54)ccc3n(-c3nccc4c3sc3ccc(-n5c6ccccc6c6ccccc65)cc34)c2c1. The Morgan fingerprint density at radius 3 is 1.51 bits per heavy atom. The Labute approximate surface area is 308 Å². The number of fused-ring (bicyclic) bond motifs is 12. The van der Waals surface area contributed by atoms with Gasteiger partial charge in [0.25, 0.3) is 0 Å². The van der Waals surface area contributed by atoms with Gasteiger partial charge in [0, 0.05) is 65.4 Å². The van der Waals surface area contributed by atoms with E-state index in [4.69, 9.17) is 4.98 Å². The topological polar surface area (TPSA) is 27.7 Å². The molecule has 0 aliphatic carbocycles. The molecule has 0 saturated heterocycles. The Balaban J connectivity index is 1.10. The maximum Gasteiger partial charge on any atom is 0.155 e. The van der Waals surface area contributed by atoms with Gasteiger partial charge in [0.1, 0.15) is 0 Å². The Morgan fingerprint density at radius 2 is 0.906 bits per heavy atom. The number of thiophene rings is 1. The molecule has 0 unspecified atom stereocenters. The van der Waals surface area contributed by atoms with E-state index in [1.165, 1.54) is 85.6 Å². The van der Waals surface area contributed by atoms with E-state index in [0.29, 0.717) is 0 Å². The summed E-state index contributed by atoms with van der Waals surface area (Å²) in [6.07, 6.45) is 1.98. The van der Waals surface area contributed by atoms with E-state index in [1.54, 1.807) is 0 Å². The molecule has 248 valence electrons. The van der Waals surface area contributed by atoms with E-state index in [-0.39, 0.29) is 0 Å². The summed E-state index contributed by atoms with van der Waals surface area (Å²) in [6.45, 7) is 2.18. The lowest BCUT2D eigenvalue weighted by Gasteiger charge is -2.10. The standard InChI is InChI=1S/C48H30N4S/c1-29-18-21-36-38-27-30(50-40-14-6-2-10-32(40)33-11-3-7-15-41(33)50)19-22-44(38)52(45(36)26-29)48-47-37(24-25-49-48)39-28-31(20-23-46(39)53-47)51-42-16-8-4-12-34(42)35-13-5-9-17-43(35)51/h2-28H,1H3. The second-order valence-corrected chi connectivity index (χ2v) is 15.1. The highest BCUT2D eigenvalue weighted by molar-refractivity contribution is 7.26. The highest BCUT2D eigenvalue weighted by Crippen LogP contribution is 2.42. The van der Waals surface area contributed by atoms with Crippen molar-refractivity contribution in [2.24, 2.45) is 0 Å². The quantitative estimate of drug-likeness (QED) is 0.181. The molecule has 7 aromatic carbocycles. The van der Waals surface area contributed by atoms with E-state index in [2.05, 4.69) is 178 Å². The van der Waals surface area contributed by atoms with Gasteiger partial charge in [-0.2, -0.15) is 0 Å². The molecule has 0 spiro atoms. The average molecular weight is 695 g/mol. The predicted octanol–water partition coefficient (Wildman–Crippen LogP) is 13.0. The summed E-state index contributed by atoms with van der Waals surface area (Å²) < 4.78 is 9.64. The fourth-order valence-electron chi connectivity index (χ4n) is 8.86. The van der Waals surface area contributed by atoms with Gasteiger partial charge in [-0.25, -0.2) is 4.98 Å². The van der Waals surface area contributed by atoms with Crippen molar-refractivity contribution in [3.8, 4) is 17.2 Å². The minimum Gasteiger partial charge on any atom is -0.309 e. The second kappa shape index (κ2) is 10.7. The fourth-order valence-corrected chi connectivity index (χ4v) is 10.0. The zero-order chi connectivity index (χ0) is 34.8. The summed E-state index contributed by atoms with van der Waals surface area (Å²) in [5.74, 6) is 0.970. The van der Waals surface area contributed by atoms with Gasteiger partial charge in [-0.3, -0.25) is 4.57 Å². The number of benzene rings is 7. The Bertz CT molecular complexity index is 3370. The summed E-state index contributed by atoms with van der Waals surface area (Å²) >= 11 is 1.83. The van der Waals surface area contributed by atoms with Gasteiger partial charge in [-0.05, 0) is 85.3 Å². The summed E-state index contributed by atoms with van der Waals surface area (Å²) in [5, 5.41) is 9.99. The van der Waals surface area contributed by atoms with Crippen LogP contribution in [-0.2, 0) is 0 Å². The Hall–Kier alpha value is -6.69. The lowest BCUT2D eigenvalue weighted by Crippen LogP contribution is -1.98. The molecule has 0 aliphatic heterocycles. The smallest absolute Gasteiger partial charge is 0.155 e. The first-order chi connectivity index (χ1) is 26.2. The summed E-state index contributed by atoms with van der Waals surface area (Å²) in [4.78, 5) is 5.15. The van der Waals surface area contributed by atoms with E-state index >= 15 is 0 Å². The average Bonchev–Trinajstić information content (AvgIpc) is 3.93. The third kappa shape index (κ3) is 3.97. The van der Waals surface area contributed by atoms with Crippen molar-refractivity contribution in [1.29, 1.82) is 0 Å². The third-order valence-electron chi connectivity index (χ3n) is 11.1. The number of pyridine rings is 1. The first-order valence-corrected chi connectivity index (χ1v) is 18.9. The number of hydrogen-bond donors (Lipinski definition) is 0. The van der Waals surface area contributed by atoms with Gasteiger partial charge < -0.3 is 9.13 Å². The molecule has 4 nitrogen and oxygen atoms in total. The number of para-hydroxylation sites is 4. The third-order valence-corrected chi connectivity index (χ3v) is 12.3. The first kappa shape index (κ1) is 28.9. The molecule has 5 heterocycles. The number of hydrogen-bond acceptors (Lipinski definition) is 2. The van der Waals surface area contributed by atoms with Gasteiger partial charge >= 0.3 is 0 Å². The van der Waals surface area contributed by atoms with E-state index < -0.39 is 0 Å². The van der Waals surface area contributed by atoms with Crippen LogP contribution in [0.5, 0.6) is 0 Å². The van der Waals surface area contributed by atoms with Crippen molar-refractivity contribution < 1.29 is 0 Å². The molecule has 12 rings (SSSR count). The van der Waals surface area contributed by atoms with Crippen LogP contribution in [0.2, 0.25) is 0 Å². The van der Waals surface area contributed by atoms with Crippen LogP contribution in [-0.4, -0.2) is 18.7 Å². The number of aromatic nitrogens is 4. The van der Waals surface area contributed by atoms with E-state index in [9.17, 15) is 0 Å². The molecule has 0 amide bonds. The van der Waals surface area contributed by atoms with Crippen molar-refractivity contribution in [1.82, 2.24) is 18.7 Å². The monoisotopic (exact) mass is 694 g/mol. The molecule has 0 N–H and O–H groups in total. The molecule has 53 heavy (non-hydrogen) atoms. The molecule has 0 fully saturated rings. The van der Waals surface area contributed by atoms with Crippen LogP contribution in [0.4, 0.5) is 0 Å². The van der Waals surface area contributed by atoms with Crippen molar-refractivity contribution in [3.63, 3.8) is 0 Å². The van der Waals surface area contributed by atoms with Gasteiger partial charge in [0.15, 0.2) is 5.82 Å². The molecule has 5 heteroatoms. The van der Waals surface area contributed by atoms with Crippen LogP contribution < -0.4 is 0 Å². The molecule has 0 aliphatic rings. The zero-order valence-corrected chi connectivity index (χ0v) is 29.6. The number of nitrogens with zero attached hydrogens (tertiary/aromatic N) is 4. The lowest BCUT2D eigenvalue weighted by molar-refractivity contribution is 1.10. The molecule has 0 saturated carbocycles. The molecule has 0 bridgehead atoms. The zero-order valence-electron chi connectivity index (χ0n) is 28.8. The van der Waals surface area contributed by atoms with Gasteiger partial charge in [0.05, 0.1) is 37.8 Å². The van der Waals surface area contributed by atoms with Crippen LogP contribution in [0.3, 0.4) is 0 Å². The minimum atomic E-state index is 0.970.